The third-order valence-electron chi connectivity index (χ3n) is 2.82. The van der Waals surface area contributed by atoms with Crippen molar-refractivity contribution in [3.8, 4) is 23.1 Å². The van der Waals surface area contributed by atoms with E-state index in [1.165, 1.54) is 24.5 Å². The highest BCUT2D eigenvalue weighted by Gasteiger charge is 2.35. The lowest BCUT2D eigenvalue weighted by molar-refractivity contribution is -0.142. The van der Waals surface area contributed by atoms with E-state index in [1.54, 1.807) is 6.07 Å². The maximum absolute atomic E-state index is 12.7. The predicted molar refractivity (Wildman–Crippen MR) is 79.1 cm³/mol. The molecule has 0 unspecified atom stereocenters. The van der Waals surface area contributed by atoms with Crippen LogP contribution in [0.25, 0.3) is 11.3 Å². The van der Waals surface area contributed by atoms with Crippen LogP contribution in [0.2, 0.25) is 10.0 Å². The molecule has 5 nitrogen and oxygen atoms in total. The number of hydrogen-bond acceptors (Lipinski definition) is 5. The van der Waals surface area contributed by atoms with Crippen molar-refractivity contribution in [2.45, 2.75) is 6.18 Å². The molecule has 24 heavy (non-hydrogen) atoms. The van der Waals surface area contributed by atoms with E-state index in [0.717, 1.165) is 6.07 Å². The average Bonchev–Trinajstić information content (AvgIpc) is 2.99. The van der Waals surface area contributed by atoms with Crippen LogP contribution in [0.3, 0.4) is 0 Å². The third kappa shape index (κ3) is 3.44. The Hall–Kier alpha value is -2.32. The van der Waals surface area contributed by atoms with Gasteiger partial charge in [0.1, 0.15) is 5.75 Å². The Labute approximate surface area is 143 Å². The molecule has 0 N–H and O–H groups in total. The number of alkyl halides is 3. The molecule has 0 aliphatic heterocycles. The molecule has 0 aliphatic carbocycles. The number of halogens is 5. The van der Waals surface area contributed by atoms with Gasteiger partial charge in [-0.15, -0.1) is 0 Å². The molecule has 0 spiro atoms. The minimum atomic E-state index is -4.64. The molecule has 1 aromatic carbocycles. The van der Waals surface area contributed by atoms with E-state index in [0.29, 0.717) is 5.02 Å². The SMILES string of the molecule is FC(F)(F)c1cc(-c2c(Cl)cccc2Oc2ncc(Cl)cn2)on1. The van der Waals surface area contributed by atoms with Crippen LogP contribution >= 0.6 is 23.2 Å². The molecule has 10 heteroatoms. The second kappa shape index (κ2) is 6.29. The second-order valence-electron chi connectivity index (χ2n) is 4.47. The molecule has 0 fully saturated rings. The number of benzene rings is 1. The first-order valence-electron chi connectivity index (χ1n) is 6.33. The highest BCUT2D eigenvalue weighted by Crippen LogP contribution is 2.40. The monoisotopic (exact) mass is 375 g/mol. The first-order chi connectivity index (χ1) is 11.3. The van der Waals surface area contributed by atoms with Crippen molar-refractivity contribution in [1.29, 1.82) is 0 Å². The molecule has 0 bridgehead atoms. The van der Waals surface area contributed by atoms with Crippen molar-refractivity contribution in [3.63, 3.8) is 0 Å². The lowest BCUT2D eigenvalue weighted by Crippen LogP contribution is -2.04. The van der Waals surface area contributed by atoms with Crippen LogP contribution < -0.4 is 4.74 Å². The van der Waals surface area contributed by atoms with Crippen LogP contribution in [0.5, 0.6) is 11.8 Å². The zero-order valence-corrected chi connectivity index (χ0v) is 13.0. The summed E-state index contributed by atoms with van der Waals surface area (Å²) in [6.07, 6.45) is -2.02. The largest absolute Gasteiger partial charge is 0.436 e. The summed E-state index contributed by atoms with van der Waals surface area (Å²) in [5.41, 5.74) is -1.08. The van der Waals surface area contributed by atoms with Crippen LogP contribution in [0.4, 0.5) is 13.2 Å². The van der Waals surface area contributed by atoms with Gasteiger partial charge in [-0.05, 0) is 12.1 Å². The van der Waals surface area contributed by atoms with Crippen LogP contribution in [-0.4, -0.2) is 15.1 Å². The number of aromatic nitrogens is 3. The van der Waals surface area contributed by atoms with E-state index in [4.69, 9.17) is 32.5 Å². The van der Waals surface area contributed by atoms with E-state index in [9.17, 15) is 13.2 Å². The van der Waals surface area contributed by atoms with Gasteiger partial charge < -0.3 is 9.26 Å². The quantitative estimate of drug-likeness (QED) is 0.625. The lowest BCUT2D eigenvalue weighted by Gasteiger charge is -2.09. The number of rotatable bonds is 3. The van der Waals surface area contributed by atoms with E-state index >= 15 is 0 Å². The predicted octanol–water partition coefficient (Wildman–Crippen LogP) is 5.25. The summed E-state index contributed by atoms with van der Waals surface area (Å²) >= 11 is 11.7. The molecule has 0 saturated heterocycles. The van der Waals surface area contributed by atoms with E-state index in [1.807, 2.05) is 0 Å². The molecule has 3 aromatic rings. The molecule has 0 radical (unpaired) electrons. The number of nitrogens with zero attached hydrogens (tertiary/aromatic N) is 3. The zero-order chi connectivity index (χ0) is 17.3. The van der Waals surface area contributed by atoms with Crippen molar-refractivity contribution in [3.05, 3.63) is 52.4 Å². The number of hydrogen-bond donors (Lipinski definition) is 0. The van der Waals surface area contributed by atoms with Gasteiger partial charge in [0.2, 0.25) is 0 Å². The van der Waals surface area contributed by atoms with Gasteiger partial charge in [-0.2, -0.15) is 13.2 Å². The second-order valence-corrected chi connectivity index (χ2v) is 5.32. The smallest absolute Gasteiger partial charge is 0.423 e. The van der Waals surface area contributed by atoms with Crippen molar-refractivity contribution >= 4 is 23.2 Å². The fourth-order valence-electron chi connectivity index (χ4n) is 1.81. The van der Waals surface area contributed by atoms with Gasteiger partial charge in [0.15, 0.2) is 11.5 Å². The fraction of sp³-hybridized carbons (Fsp3) is 0.0714. The van der Waals surface area contributed by atoms with Gasteiger partial charge in [-0.1, -0.05) is 34.4 Å². The highest BCUT2D eigenvalue weighted by molar-refractivity contribution is 6.33. The Bertz CT molecular complexity index is 866. The third-order valence-corrected chi connectivity index (χ3v) is 3.33. The molecule has 0 saturated carbocycles. The van der Waals surface area contributed by atoms with Crippen molar-refractivity contribution in [2.75, 3.05) is 0 Å². The number of ether oxygens (including phenoxy) is 1. The Morgan fingerprint density at radius 3 is 2.42 bits per heavy atom. The van der Waals surface area contributed by atoms with Crippen LogP contribution in [0.15, 0.2) is 41.2 Å². The van der Waals surface area contributed by atoms with Crippen LogP contribution in [0, 0.1) is 0 Å². The van der Waals surface area contributed by atoms with Crippen molar-refractivity contribution < 1.29 is 22.4 Å². The van der Waals surface area contributed by atoms with Gasteiger partial charge in [0.05, 0.1) is 28.0 Å². The zero-order valence-electron chi connectivity index (χ0n) is 11.5. The fourth-order valence-corrected chi connectivity index (χ4v) is 2.16. The van der Waals surface area contributed by atoms with Crippen LogP contribution in [-0.2, 0) is 6.18 Å². The van der Waals surface area contributed by atoms with E-state index < -0.39 is 11.9 Å². The van der Waals surface area contributed by atoms with E-state index in [-0.39, 0.29) is 28.1 Å². The van der Waals surface area contributed by atoms with Crippen molar-refractivity contribution in [1.82, 2.24) is 15.1 Å². The molecule has 2 aromatic heterocycles. The summed E-state index contributed by atoms with van der Waals surface area (Å²) in [6, 6.07) is 5.19. The summed E-state index contributed by atoms with van der Waals surface area (Å²) in [5, 5.41) is 3.42. The standard InChI is InChI=1S/C14H6Cl2F3N3O2/c15-7-5-20-13(21-6-7)23-9-3-1-2-8(16)12(9)10-4-11(22-24-10)14(17,18)19/h1-6H. The van der Waals surface area contributed by atoms with Crippen LogP contribution in [0.1, 0.15) is 5.69 Å². The van der Waals surface area contributed by atoms with Gasteiger partial charge in [0.25, 0.3) is 0 Å². The molecular weight excluding hydrogens is 370 g/mol. The molecule has 3 rings (SSSR count). The molecule has 124 valence electrons. The highest BCUT2D eigenvalue weighted by atomic mass is 35.5. The summed E-state index contributed by atoms with van der Waals surface area (Å²) in [6.45, 7) is 0. The minimum Gasteiger partial charge on any atom is -0.423 e. The summed E-state index contributed by atoms with van der Waals surface area (Å²) < 4.78 is 48.3. The Balaban J connectivity index is 2.01. The summed E-state index contributed by atoms with van der Waals surface area (Å²) in [4.78, 5) is 7.70. The molecule has 0 amide bonds. The normalized spacial score (nSPS) is 11.5. The minimum absolute atomic E-state index is 0.0570. The van der Waals surface area contributed by atoms with Crippen molar-refractivity contribution in [2.24, 2.45) is 0 Å². The Morgan fingerprint density at radius 2 is 1.79 bits per heavy atom. The molecular formula is C14H6Cl2F3N3O2. The maximum Gasteiger partial charge on any atom is 0.436 e. The van der Waals surface area contributed by atoms with Gasteiger partial charge in [-0.25, -0.2) is 9.97 Å². The van der Waals surface area contributed by atoms with E-state index in [2.05, 4.69) is 15.1 Å². The average molecular weight is 376 g/mol. The maximum atomic E-state index is 12.7. The Morgan fingerprint density at radius 1 is 1.08 bits per heavy atom. The van der Waals surface area contributed by atoms with Gasteiger partial charge >= 0.3 is 12.2 Å². The van der Waals surface area contributed by atoms with Gasteiger partial charge in [0, 0.05) is 6.07 Å². The molecule has 2 heterocycles. The molecule has 0 aliphatic rings. The molecule has 0 atom stereocenters. The Kier molecular flexibility index (Phi) is 4.33. The lowest BCUT2D eigenvalue weighted by atomic mass is 10.1. The first-order valence-corrected chi connectivity index (χ1v) is 7.08. The topological polar surface area (TPSA) is 61.0 Å². The first kappa shape index (κ1) is 16.5. The summed E-state index contributed by atoms with van der Waals surface area (Å²) in [5.74, 6) is -0.0911. The summed E-state index contributed by atoms with van der Waals surface area (Å²) in [7, 11) is 0. The van der Waals surface area contributed by atoms with Gasteiger partial charge in [-0.3, -0.25) is 0 Å².